The van der Waals surface area contributed by atoms with Gasteiger partial charge in [0.2, 0.25) is 11.9 Å². The number of hydrogen-bond donors (Lipinski definition) is 0. The Morgan fingerprint density at radius 3 is 1.54 bits per heavy atom. The van der Waals surface area contributed by atoms with Crippen molar-refractivity contribution in [2.24, 2.45) is 0 Å². The van der Waals surface area contributed by atoms with Crippen molar-refractivity contribution in [2.45, 2.75) is 106 Å². The number of nitriles is 2. The molecule has 0 N–H and O–H groups in total. The van der Waals surface area contributed by atoms with E-state index in [2.05, 4.69) is 77.2 Å². The zero-order valence-electron chi connectivity index (χ0n) is 33.0. The molecule has 0 saturated carbocycles. The van der Waals surface area contributed by atoms with Gasteiger partial charge in [-0.2, -0.15) is 19.3 Å². The fraction of sp³-hybridized carbons (Fsp3) is 0.372. The van der Waals surface area contributed by atoms with Crippen LogP contribution in [-0.4, -0.2) is 33.1 Å². The van der Waals surface area contributed by atoms with Crippen LogP contribution in [0, 0.1) is 41.5 Å². The number of carbonyl (C=O) groups is 2. The van der Waals surface area contributed by atoms with Gasteiger partial charge in [0.05, 0.1) is 29.7 Å². The number of pyridine rings is 2. The molecule has 0 aliphatic carbocycles. The first-order valence-corrected chi connectivity index (χ1v) is 24.9. The number of halogens is 4. The topological polar surface area (TPSA) is 126 Å². The quantitative estimate of drug-likeness (QED) is 0.0809. The Morgan fingerprint density at radius 1 is 0.768 bits per heavy atom. The van der Waals surface area contributed by atoms with Crippen LogP contribution in [0.5, 0.6) is 0 Å². The number of nitrogens with zero attached hydrogens (tertiary/aromatic N) is 4. The Kier molecular flexibility index (Phi) is 22.2. The summed E-state index contributed by atoms with van der Waals surface area (Å²) in [4.78, 5) is 29.7. The van der Waals surface area contributed by atoms with E-state index in [9.17, 15) is 23.6 Å². The van der Waals surface area contributed by atoms with Crippen LogP contribution in [0.1, 0.15) is 116 Å². The van der Waals surface area contributed by atoms with Crippen molar-refractivity contribution < 1.29 is 44.2 Å². The predicted octanol–water partition coefficient (Wildman–Crippen LogP) is 12.1. The van der Waals surface area contributed by atoms with Gasteiger partial charge in [-0.15, -0.1) is 0 Å². The van der Waals surface area contributed by atoms with Gasteiger partial charge in [-0.25, -0.2) is 9.97 Å². The standard InChI is InChI=1S/C21H23FN2O2.C15H12BrFN2.C6H11O2.CH4.BrH.Zn/c1-13(2)16-8-14(12-23)9-17(15-6-7-24-19(22)10-15)18(16)11-20(25)26-21(3,4)5;1-9(2)12-5-10(8-18)6-13(15(12)16)11-3-4-19-14(17)7-11;1-5(7)8-6(2,3)4;;;/h6-10,13H,11H2,1-5H3;3-7,9H,1-2H3;1H2,2-4H3;1H4;1H;/q;;-1;;;+2/p-1. The molecule has 4 aromatic rings. The van der Waals surface area contributed by atoms with Crippen LogP contribution < -0.4 is 0 Å². The van der Waals surface area contributed by atoms with Crippen LogP contribution in [-0.2, 0) is 41.8 Å². The zero-order chi connectivity index (χ0) is 42.3. The van der Waals surface area contributed by atoms with Crippen molar-refractivity contribution in [1.29, 1.82) is 10.5 Å². The molecule has 0 radical (unpaired) electrons. The molecule has 0 unspecified atom stereocenters. The minimum atomic E-state index is -0.612. The summed E-state index contributed by atoms with van der Waals surface area (Å²) < 4.78 is 37.9. The summed E-state index contributed by atoms with van der Waals surface area (Å²) in [5.41, 5.74) is 5.46. The van der Waals surface area contributed by atoms with E-state index in [0.29, 0.717) is 27.8 Å². The molecule has 0 fully saturated rings. The summed E-state index contributed by atoms with van der Waals surface area (Å²) in [5, 5.41) is 18.5. The molecule has 2 heterocycles. The van der Waals surface area contributed by atoms with Crippen molar-refractivity contribution in [3.05, 3.63) is 112 Å². The van der Waals surface area contributed by atoms with Gasteiger partial charge in [0.1, 0.15) is 11.2 Å². The first-order valence-electron chi connectivity index (χ1n) is 17.1. The molecule has 4 rings (SSSR count). The van der Waals surface area contributed by atoms with Crippen LogP contribution >= 0.6 is 29.6 Å². The summed E-state index contributed by atoms with van der Waals surface area (Å²) in [5.74, 6) is -1.62. The molecule has 0 amide bonds. The van der Waals surface area contributed by atoms with Crippen molar-refractivity contribution in [3.8, 4) is 34.4 Å². The van der Waals surface area contributed by atoms with Gasteiger partial charge in [0, 0.05) is 29.0 Å². The van der Waals surface area contributed by atoms with E-state index in [1.807, 2.05) is 40.7 Å². The second-order valence-electron chi connectivity index (χ2n) is 14.6. The van der Waals surface area contributed by atoms with E-state index in [0.717, 1.165) is 26.7 Å². The van der Waals surface area contributed by atoms with Gasteiger partial charge in [-0.1, -0.05) is 35.1 Å². The minimum absolute atomic E-state index is 0. The number of carbonyl (C=O) groups excluding carboxylic acids is 2. The summed E-state index contributed by atoms with van der Waals surface area (Å²) in [7, 11) is 0. The molecule has 0 bridgehead atoms. The maximum absolute atomic E-state index is 13.6. The summed E-state index contributed by atoms with van der Waals surface area (Å²) in [6, 6.07) is 17.4. The molecule has 0 aliphatic rings. The normalized spacial score (nSPS) is 10.5. The summed E-state index contributed by atoms with van der Waals surface area (Å²) in [6.07, 6.45) is 2.84. The average Bonchev–Trinajstić information content (AvgIpc) is 3.07. The molecule has 13 heteroatoms. The number of rotatable bonds is 6. The molecular formula is C43H50Br2F2N4O4Zn. The first-order chi connectivity index (χ1) is 25.5. The average molecular weight is 950 g/mol. The first kappa shape index (κ1) is 52.0. The van der Waals surface area contributed by atoms with Gasteiger partial charge >= 0.3 is 35.9 Å². The van der Waals surface area contributed by atoms with E-state index in [-0.39, 0.29) is 31.7 Å². The van der Waals surface area contributed by atoms with Gasteiger partial charge in [0.25, 0.3) is 0 Å². The van der Waals surface area contributed by atoms with E-state index >= 15 is 0 Å². The van der Waals surface area contributed by atoms with Crippen LogP contribution in [0.2, 0.25) is 0 Å². The SMILES string of the molecule is C.CC(C)c1cc(C#N)cc(-c2ccnc(F)c2)c1Br.CC(C)c1cc(C#N)cc(-c2ccnc(F)c2)c1CC(=O)OC(C)(C)C.[CH2-]C(=O)OC(C)(C)C.[Zn+][Br]. The van der Waals surface area contributed by atoms with Gasteiger partial charge in [0.15, 0.2) is 5.97 Å². The van der Waals surface area contributed by atoms with Crippen molar-refractivity contribution >= 4 is 41.5 Å². The Morgan fingerprint density at radius 2 is 1.18 bits per heavy atom. The van der Waals surface area contributed by atoms with Gasteiger partial charge in [-0.05, 0) is 145 Å². The van der Waals surface area contributed by atoms with Gasteiger partial charge in [-0.3, -0.25) is 16.5 Å². The van der Waals surface area contributed by atoms with Crippen LogP contribution in [0.25, 0.3) is 22.3 Å². The fourth-order valence-electron chi connectivity index (χ4n) is 5.07. The summed E-state index contributed by atoms with van der Waals surface area (Å²) >= 11 is 7.80. The summed E-state index contributed by atoms with van der Waals surface area (Å²) in [6.45, 7) is 22.0. The third kappa shape index (κ3) is 17.8. The zero-order valence-corrected chi connectivity index (χ0v) is 39.1. The molecule has 56 heavy (non-hydrogen) atoms. The van der Waals surface area contributed by atoms with Crippen molar-refractivity contribution in [2.75, 3.05) is 0 Å². The number of hydrogen-bond acceptors (Lipinski definition) is 8. The Bertz CT molecular complexity index is 2020. The van der Waals surface area contributed by atoms with Crippen LogP contribution in [0.15, 0.2) is 65.4 Å². The Balaban J connectivity index is 0.000000883. The Hall–Kier alpha value is -4.03. The maximum atomic E-state index is 13.6. The number of benzene rings is 2. The Labute approximate surface area is 356 Å². The fourth-order valence-corrected chi connectivity index (χ4v) is 5.99. The molecule has 8 nitrogen and oxygen atoms in total. The third-order valence-corrected chi connectivity index (χ3v) is 8.01. The molecule has 0 aliphatic heterocycles. The van der Waals surface area contributed by atoms with Gasteiger partial charge < -0.3 is 9.47 Å². The third-order valence-electron chi connectivity index (χ3n) is 7.12. The van der Waals surface area contributed by atoms with E-state index in [4.69, 9.17) is 10.00 Å². The second-order valence-corrected chi connectivity index (χ2v) is 15.4. The molecule has 296 valence electrons. The number of ether oxygens (including phenoxy) is 2. The van der Waals surface area contributed by atoms with Crippen molar-refractivity contribution in [1.82, 2.24) is 9.97 Å². The molecule has 0 saturated heterocycles. The molecule has 2 aromatic carbocycles. The number of esters is 2. The van der Waals surface area contributed by atoms with E-state index in [1.165, 1.54) is 40.9 Å². The monoisotopic (exact) mass is 946 g/mol. The molecular weight excluding hydrogens is 900 g/mol. The van der Waals surface area contributed by atoms with E-state index < -0.39 is 29.1 Å². The predicted molar refractivity (Wildman–Crippen MR) is 221 cm³/mol. The number of aromatic nitrogens is 2. The van der Waals surface area contributed by atoms with Crippen LogP contribution in [0.3, 0.4) is 0 Å². The second kappa shape index (κ2) is 23.9. The molecule has 2 aromatic heterocycles. The van der Waals surface area contributed by atoms with Crippen molar-refractivity contribution in [3.63, 3.8) is 0 Å². The van der Waals surface area contributed by atoms with E-state index in [1.54, 1.807) is 51.1 Å². The van der Waals surface area contributed by atoms with Crippen LogP contribution in [0.4, 0.5) is 8.78 Å². The molecule has 0 spiro atoms. The molecule has 0 atom stereocenters.